The van der Waals surface area contributed by atoms with Gasteiger partial charge in [0, 0.05) is 41.9 Å². The van der Waals surface area contributed by atoms with E-state index in [9.17, 15) is 24.9 Å². The molecule has 1 aromatic carbocycles. The zero-order valence-electron chi connectivity index (χ0n) is 21.8. The van der Waals surface area contributed by atoms with Crippen molar-refractivity contribution in [2.75, 3.05) is 18.5 Å². The number of carboxylic acid groups (broad SMARTS) is 2. The number of carbonyl (C=O) groups is 2. The Bertz CT molecular complexity index is 1120. The molecule has 1 spiro atoms. The lowest BCUT2D eigenvalue weighted by molar-refractivity contribution is -1.04. The second-order valence-electron chi connectivity index (χ2n) is 11.8. The fraction of sp³-hybridized carbons (Fsp3) is 0.704. The highest BCUT2D eigenvalue weighted by Gasteiger charge is 2.82. The summed E-state index contributed by atoms with van der Waals surface area (Å²) in [6, 6.07) is 7.75. The summed E-state index contributed by atoms with van der Waals surface area (Å²) >= 11 is 3.69. The fourth-order valence-electron chi connectivity index (χ4n) is 9.51. The van der Waals surface area contributed by atoms with E-state index in [1.165, 1.54) is 17.7 Å². The average Bonchev–Trinajstić information content (AvgIpc) is 3.25. The Labute approximate surface area is 230 Å². The van der Waals surface area contributed by atoms with E-state index in [4.69, 9.17) is 15.3 Å². The molecule has 210 valence electrons. The van der Waals surface area contributed by atoms with Crippen molar-refractivity contribution in [1.29, 1.82) is 0 Å². The van der Waals surface area contributed by atoms with Crippen molar-refractivity contribution >= 4 is 33.6 Å². The number of benzene rings is 1. The molecule has 5 fully saturated rings. The van der Waals surface area contributed by atoms with E-state index in [1.54, 1.807) is 0 Å². The van der Waals surface area contributed by atoms with Crippen LogP contribution in [0.25, 0.3) is 0 Å². The molecule has 12 atom stereocenters. The maximum absolute atomic E-state index is 12.0. The number of fused-ring (bicyclic) bond motifs is 2. The summed E-state index contributed by atoms with van der Waals surface area (Å²) in [5, 5.41) is 57.8. The zero-order valence-corrected chi connectivity index (χ0v) is 23.4. The van der Waals surface area contributed by atoms with Gasteiger partial charge in [0.05, 0.1) is 36.1 Å². The minimum absolute atomic E-state index is 0.166. The number of likely N-dealkylation sites (N-methyl/N-ethyl adjacent to an activating group) is 1. The summed E-state index contributed by atoms with van der Waals surface area (Å²) in [5.41, 5.74) is 2.47. The van der Waals surface area contributed by atoms with Gasteiger partial charge < -0.3 is 40.3 Å². The van der Waals surface area contributed by atoms with Gasteiger partial charge >= 0.3 is 5.97 Å². The van der Waals surface area contributed by atoms with Crippen LogP contribution in [0.5, 0.6) is 0 Å². The maximum atomic E-state index is 12.0. The summed E-state index contributed by atoms with van der Waals surface area (Å²) in [5.74, 6) is -2.69. The van der Waals surface area contributed by atoms with Crippen molar-refractivity contribution < 1.29 is 44.7 Å². The molecule has 5 bridgehead atoms. The smallest absolute Gasteiger partial charge is 0.335 e. The number of halogens is 1. The lowest BCUT2D eigenvalue weighted by Crippen LogP contribution is -2.83. The number of piperidine rings is 4. The van der Waals surface area contributed by atoms with Crippen molar-refractivity contribution in [2.24, 2.45) is 17.8 Å². The van der Waals surface area contributed by atoms with E-state index < -0.39 is 24.1 Å². The number of aliphatic carboxylic acids is 2. The van der Waals surface area contributed by atoms with Crippen LogP contribution in [0.3, 0.4) is 0 Å². The highest BCUT2D eigenvalue weighted by Crippen LogP contribution is 2.71. The van der Waals surface area contributed by atoms with E-state index in [2.05, 4.69) is 59.9 Å². The Morgan fingerprint density at radius 2 is 1.89 bits per heavy atom. The number of aliphatic hydroxyl groups is 4. The molecule has 38 heavy (non-hydrogen) atoms. The van der Waals surface area contributed by atoms with Crippen LogP contribution in [0.2, 0.25) is 0 Å². The van der Waals surface area contributed by atoms with Gasteiger partial charge in [0.15, 0.2) is 12.3 Å². The number of quaternary nitrogens is 1. The van der Waals surface area contributed by atoms with Gasteiger partial charge in [-0.1, -0.05) is 29.8 Å². The summed E-state index contributed by atoms with van der Waals surface area (Å²) in [6.45, 7) is 5.54. The molecule has 0 aromatic heterocycles. The molecular weight excluding hydrogens is 560 g/mol. The van der Waals surface area contributed by atoms with Crippen LogP contribution >= 0.6 is 15.9 Å². The number of aliphatic hydroxyl groups excluding tert-OH is 4. The number of hydrogen-bond donors (Lipinski definition) is 5. The minimum Gasteiger partial charge on any atom is -0.547 e. The number of rotatable bonds is 6. The molecule has 4 saturated heterocycles. The molecule has 11 heteroatoms. The number of nitrogens with zero attached hydrogens (tertiary/aromatic N) is 2. The van der Waals surface area contributed by atoms with E-state index in [1.807, 2.05) is 0 Å². The van der Waals surface area contributed by atoms with Gasteiger partial charge in [-0.15, -0.1) is 0 Å². The Kier molecular flexibility index (Phi) is 6.89. The van der Waals surface area contributed by atoms with Crippen LogP contribution in [-0.2, 0) is 15.0 Å². The predicted molar refractivity (Wildman–Crippen MR) is 138 cm³/mol. The first-order valence-electron chi connectivity index (χ1n) is 13.5. The van der Waals surface area contributed by atoms with Crippen molar-refractivity contribution in [3.05, 3.63) is 28.2 Å². The van der Waals surface area contributed by atoms with Crippen molar-refractivity contribution in [3.63, 3.8) is 0 Å². The van der Waals surface area contributed by atoms with Gasteiger partial charge in [-0.05, 0) is 42.5 Å². The summed E-state index contributed by atoms with van der Waals surface area (Å²) in [6.07, 6.45) is -0.958. The van der Waals surface area contributed by atoms with E-state index in [0.29, 0.717) is 29.8 Å². The van der Waals surface area contributed by atoms with Crippen LogP contribution in [0.15, 0.2) is 22.7 Å². The zero-order chi connectivity index (χ0) is 27.9. The molecule has 10 nitrogen and oxygen atoms in total. The summed E-state index contributed by atoms with van der Waals surface area (Å²) in [7, 11) is 2.23. The van der Waals surface area contributed by atoms with Gasteiger partial charge in [-0.25, -0.2) is 4.79 Å². The first kappa shape index (κ1) is 27.8. The topological polar surface area (TPSA) is 162 Å². The van der Waals surface area contributed by atoms with Crippen LogP contribution in [-0.4, -0.2) is 98.2 Å². The SMILES string of the molecule is CCC[N+]12[C@H](O)[C@@H](CC)C3C[C@H]1[C@@H]1N(C)c4ccc(Br)cc4C14C[C@H]2C3[C@H]4O.O=C([O-])[C@H](O)[C@@H](O)C(=O)O. The van der Waals surface area contributed by atoms with Gasteiger partial charge in [-0.2, -0.15) is 0 Å². The number of carbonyl (C=O) groups excluding carboxylic acids is 1. The standard InChI is InChI=1S/C23H32BrN2O2.C4H6O6/c1-4-8-26-17-10-14(13(5-2)22(26)28)19-18(26)11-23(21(19)27)15-9-12(24)6-7-16(15)25(3)20(17)23;5-1(3(7)8)2(6)4(9)10/h6-7,9,13-14,17-22,27-28H,4-5,8,10-11H2,1-3H3;1-2,5-6H,(H,7,8)(H,9,10)/q+1;/p-1/t13-,14?,17-,18-,19?,20-,21+,22+,23?,26?;1-,2-/m01/s1. The van der Waals surface area contributed by atoms with Crippen LogP contribution in [0.4, 0.5) is 5.69 Å². The fourth-order valence-corrected chi connectivity index (χ4v) is 9.87. The number of hydrogen-bond acceptors (Lipinski definition) is 8. The highest BCUT2D eigenvalue weighted by atomic mass is 79.9. The molecule has 0 amide bonds. The third-order valence-electron chi connectivity index (χ3n) is 10.6. The van der Waals surface area contributed by atoms with Crippen LogP contribution in [0, 0.1) is 17.8 Å². The largest absolute Gasteiger partial charge is 0.547 e. The Morgan fingerprint density at radius 1 is 1.21 bits per heavy atom. The van der Waals surface area contributed by atoms with Crippen molar-refractivity contribution in [3.8, 4) is 0 Å². The van der Waals surface area contributed by atoms with Gasteiger partial charge in [0.2, 0.25) is 0 Å². The predicted octanol–water partition coefficient (Wildman–Crippen LogP) is -0.215. The molecule has 7 rings (SSSR count). The number of carboxylic acids is 2. The molecule has 6 aliphatic rings. The second-order valence-corrected chi connectivity index (χ2v) is 12.7. The molecular formula is C27H37BrN2O8. The molecule has 1 aromatic rings. The molecule has 1 aliphatic carbocycles. The monoisotopic (exact) mass is 596 g/mol. The minimum atomic E-state index is -2.38. The van der Waals surface area contributed by atoms with E-state index >= 15 is 0 Å². The van der Waals surface area contributed by atoms with Gasteiger partial charge in [0.1, 0.15) is 12.1 Å². The second kappa shape index (κ2) is 9.42. The first-order valence-corrected chi connectivity index (χ1v) is 14.2. The normalized spacial score (nSPS) is 42.7. The van der Waals surface area contributed by atoms with Crippen molar-refractivity contribution in [1.82, 2.24) is 0 Å². The van der Waals surface area contributed by atoms with Crippen molar-refractivity contribution in [2.45, 2.75) is 87.6 Å². The quantitative estimate of drug-likeness (QED) is 0.280. The molecule has 5 N–H and O–H groups in total. The lowest BCUT2D eigenvalue weighted by Gasteiger charge is -2.68. The van der Waals surface area contributed by atoms with Crippen LogP contribution < -0.4 is 10.0 Å². The highest BCUT2D eigenvalue weighted by molar-refractivity contribution is 9.10. The summed E-state index contributed by atoms with van der Waals surface area (Å²) in [4.78, 5) is 21.9. The Hall–Kier alpha value is -1.76. The first-order chi connectivity index (χ1) is 17.9. The Morgan fingerprint density at radius 3 is 2.45 bits per heavy atom. The molecule has 0 radical (unpaired) electrons. The summed E-state index contributed by atoms with van der Waals surface area (Å²) < 4.78 is 1.97. The third-order valence-corrected chi connectivity index (χ3v) is 11.1. The molecule has 5 aliphatic heterocycles. The van der Waals surface area contributed by atoms with E-state index in [-0.39, 0.29) is 23.8 Å². The van der Waals surface area contributed by atoms with Crippen LogP contribution in [0.1, 0.15) is 45.1 Å². The maximum Gasteiger partial charge on any atom is 0.335 e. The van der Waals surface area contributed by atoms with E-state index in [0.717, 1.165) is 34.8 Å². The number of anilines is 1. The third kappa shape index (κ3) is 3.35. The lowest BCUT2D eigenvalue weighted by atomic mass is 9.60. The Balaban J connectivity index is 0.000000253. The van der Waals surface area contributed by atoms with Gasteiger partial charge in [-0.3, -0.25) is 4.48 Å². The molecule has 1 saturated carbocycles. The van der Waals surface area contributed by atoms with Gasteiger partial charge in [0.25, 0.3) is 0 Å². The molecule has 5 heterocycles. The molecule has 4 unspecified atom stereocenters. The average molecular weight is 598 g/mol.